The van der Waals surface area contributed by atoms with Gasteiger partial charge in [0.25, 0.3) is 0 Å². The van der Waals surface area contributed by atoms with E-state index in [4.69, 9.17) is 14.5 Å². The van der Waals surface area contributed by atoms with Gasteiger partial charge in [-0.25, -0.2) is 4.79 Å². The number of aliphatic imine (C=N–C) groups is 1. The number of aromatic nitrogens is 2. The fourth-order valence-electron chi connectivity index (χ4n) is 3.84. The SMILES string of the molecule is COc1cc(-c2ccc[nH]2)[nH]c1C=C1C=CC(CCCCCNC(=O)N2CCOCC2)=N1.Cl. The maximum absolute atomic E-state index is 12.1. The smallest absolute Gasteiger partial charge is 0.317 e. The largest absolute Gasteiger partial charge is 0.494 e. The monoisotopic (exact) mass is 473 g/mol. The van der Waals surface area contributed by atoms with Gasteiger partial charge < -0.3 is 29.7 Å². The predicted molar refractivity (Wildman–Crippen MR) is 133 cm³/mol. The lowest BCUT2D eigenvalue weighted by molar-refractivity contribution is 0.0532. The van der Waals surface area contributed by atoms with Crippen LogP contribution in [-0.2, 0) is 4.74 Å². The van der Waals surface area contributed by atoms with Gasteiger partial charge in [0.1, 0.15) is 5.75 Å². The van der Waals surface area contributed by atoms with E-state index in [1.165, 1.54) is 0 Å². The van der Waals surface area contributed by atoms with Crippen LogP contribution in [0.1, 0.15) is 31.4 Å². The first-order chi connectivity index (χ1) is 15.7. The number of hydrogen-bond acceptors (Lipinski definition) is 4. The molecule has 3 N–H and O–H groups in total. The van der Waals surface area contributed by atoms with Crippen molar-refractivity contribution >= 4 is 30.2 Å². The van der Waals surface area contributed by atoms with Crippen LogP contribution in [0.2, 0.25) is 0 Å². The number of nitrogens with zero attached hydrogens (tertiary/aromatic N) is 2. The van der Waals surface area contributed by atoms with Crippen molar-refractivity contribution < 1.29 is 14.3 Å². The van der Waals surface area contributed by atoms with E-state index in [1.807, 2.05) is 41.4 Å². The molecule has 0 bridgehead atoms. The molecule has 1 saturated heterocycles. The fourth-order valence-corrected chi connectivity index (χ4v) is 3.84. The summed E-state index contributed by atoms with van der Waals surface area (Å²) in [4.78, 5) is 25.2. The van der Waals surface area contributed by atoms with E-state index < -0.39 is 0 Å². The molecule has 9 heteroatoms. The van der Waals surface area contributed by atoms with Crippen molar-refractivity contribution in [2.75, 3.05) is 40.0 Å². The minimum absolute atomic E-state index is 0. The number of methoxy groups -OCH3 is 1. The number of morpholine rings is 1. The number of ether oxygens (including phenoxy) is 2. The number of carbonyl (C=O) groups excluding carboxylic acids is 1. The summed E-state index contributed by atoms with van der Waals surface area (Å²) in [6.45, 7) is 3.32. The summed E-state index contributed by atoms with van der Waals surface area (Å²) in [6.07, 6.45) is 12.0. The second kappa shape index (κ2) is 12.3. The summed E-state index contributed by atoms with van der Waals surface area (Å²) in [5.41, 5.74) is 4.89. The average molecular weight is 474 g/mol. The van der Waals surface area contributed by atoms with E-state index in [9.17, 15) is 4.79 Å². The van der Waals surface area contributed by atoms with Crippen LogP contribution in [0.25, 0.3) is 17.5 Å². The molecule has 4 rings (SSSR count). The Bertz CT molecular complexity index is 988. The molecule has 0 atom stereocenters. The second-order valence-electron chi connectivity index (χ2n) is 7.90. The number of unbranched alkanes of at least 4 members (excludes halogenated alkanes) is 2. The zero-order chi connectivity index (χ0) is 22.2. The van der Waals surface area contributed by atoms with Crippen molar-refractivity contribution in [2.45, 2.75) is 25.7 Å². The van der Waals surface area contributed by atoms with Crippen LogP contribution in [0.4, 0.5) is 4.79 Å². The lowest BCUT2D eigenvalue weighted by Gasteiger charge is -2.26. The van der Waals surface area contributed by atoms with Crippen LogP contribution in [0, 0.1) is 0 Å². The van der Waals surface area contributed by atoms with Crippen molar-refractivity contribution in [1.29, 1.82) is 0 Å². The minimum atomic E-state index is 0. The van der Waals surface area contributed by atoms with Gasteiger partial charge in [0.15, 0.2) is 0 Å². The highest BCUT2D eigenvalue weighted by atomic mass is 35.5. The van der Waals surface area contributed by atoms with Crippen LogP contribution >= 0.6 is 12.4 Å². The molecule has 0 aliphatic carbocycles. The summed E-state index contributed by atoms with van der Waals surface area (Å²) < 4.78 is 10.8. The minimum Gasteiger partial charge on any atom is -0.494 e. The van der Waals surface area contributed by atoms with Crippen molar-refractivity contribution in [1.82, 2.24) is 20.2 Å². The Hall–Kier alpha value is -2.97. The lowest BCUT2D eigenvalue weighted by atomic mass is 10.1. The first kappa shape index (κ1) is 24.7. The number of rotatable bonds is 9. The molecule has 178 valence electrons. The van der Waals surface area contributed by atoms with Gasteiger partial charge in [0, 0.05) is 37.6 Å². The molecule has 2 amide bonds. The van der Waals surface area contributed by atoms with Gasteiger partial charge in [0.2, 0.25) is 0 Å². The summed E-state index contributed by atoms with van der Waals surface area (Å²) in [7, 11) is 1.67. The van der Waals surface area contributed by atoms with Gasteiger partial charge in [-0.1, -0.05) is 6.42 Å². The number of hydrogen-bond donors (Lipinski definition) is 3. The number of nitrogens with one attached hydrogen (secondary N) is 3. The number of allylic oxidation sites excluding steroid dienone is 2. The molecule has 2 aromatic rings. The van der Waals surface area contributed by atoms with Crippen molar-refractivity contribution in [3.05, 3.63) is 47.9 Å². The van der Waals surface area contributed by atoms with Crippen molar-refractivity contribution in [3.63, 3.8) is 0 Å². The first-order valence-electron chi connectivity index (χ1n) is 11.2. The highest BCUT2D eigenvalue weighted by molar-refractivity contribution is 5.99. The van der Waals surface area contributed by atoms with Crippen molar-refractivity contribution in [2.24, 2.45) is 4.99 Å². The number of H-pyrrole nitrogens is 2. The van der Waals surface area contributed by atoms with E-state index in [-0.39, 0.29) is 18.4 Å². The maximum atomic E-state index is 12.1. The van der Waals surface area contributed by atoms with Crippen LogP contribution in [0.3, 0.4) is 0 Å². The molecule has 2 aromatic heterocycles. The van der Waals surface area contributed by atoms with Gasteiger partial charge in [-0.15, -0.1) is 12.4 Å². The third-order valence-corrected chi connectivity index (χ3v) is 5.61. The Morgan fingerprint density at radius 1 is 1.24 bits per heavy atom. The highest BCUT2D eigenvalue weighted by Gasteiger charge is 2.16. The molecule has 0 saturated carbocycles. The van der Waals surface area contributed by atoms with E-state index in [1.54, 1.807) is 7.11 Å². The van der Waals surface area contributed by atoms with Crippen LogP contribution < -0.4 is 10.1 Å². The van der Waals surface area contributed by atoms with Crippen LogP contribution in [-0.4, -0.2) is 66.6 Å². The Morgan fingerprint density at radius 2 is 2.09 bits per heavy atom. The van der Waals surface area contributed by atoms with E-state index in [0.29, 0.717) is 32.8 Å². The maximum Gasteiger partial charge on any atom is 0.317 e. The third kappa shape index (κ3) is 6.76. The van der Waals surface area contributed by atoms with Gasteiger partial charge in [-0.3, -0.25) is 4.99 Å². The molecule has 0 spiro atoms. The van der Waals surface area contributed by atoms with Crippen LogP contribution in [0.15, 0.2) is 47.2 Å². The predicted octanol–water partition coefficient (Wildman–Crippen LogP) is 4.39. The summed E-state index contributed by atoms with van der Waals surface area (Å²) in [5, 5.41) is 3.00. The van der Waals surface area contributed by atoms with Gasteiger partial charge in [0.05, 0.1) is 43.1 Å². The molecular weight excluding hydrogens is 442 g/mol. The molecule has 33 heavy (non-hydrogen) atoms. The van der Waals surface area contributed by atoms with Gasteiger partial charge >= 0.3 is 6.03 Å². The first-order valence-corrected chi connectivity index (χ1v) is 11.2. The third-order valence-electron chi connectivity index (χ3n) is 5.61. The van der Waals surface area contributed by atoms with E-state index in [0.717, 1.165) is 59.9 Å². The Balaban J connectivity index is 0.00000306. The molecule has 0 aromatic carbocycles. The highest BCUT2D eigenvalue weighted by Crippen LogP contribution is 2.29. The summed E-state index contributed by atoms with van der Waals surface area (Å²) in [5.74, 6) is 0.790. The zero-order valence-electron chi connectivity index (χ0n) is 18.9. The number of amides is 2. The van der Waals surface area contributed by atoms with Crippen molar-refractivity contribution in [3.8, 4) is 17.1 Å². The Morgan fingerprint density at radius 3 is 2.85 bits per heavy atom. The Kier molecular flexibility index (Phi) is 9.21. The molecule has 8 nitrogen and oxygen atoms in total. The number of halogens is 1. The number of carbonyl (C=O) groups is 1. The standard InChI is InChI=1S/C24H31N5O3.ClH/c1-31-23-17-21(20-7-5-11-25-20)28-22(23)16-19-9-8-18(27-19)6-3-2-4-10-26-24(30)29-12-14-32-15-13-29;/h5,7-9,11,16-17,25,28H,2-4,6,10,12-15H2,1H3,(H,26,30);1H. The number of aromatic amines is 2. The molecular formula is C24H32ClN5O3. The molecule has 0 radical (unpaired) electrons. The molecule has 0 unspecified atom stereocenters. The quantitative estimate of drug-likeness (QED) is 0.471. The lowest BCUT2D eigenvalue weighted by Crippen LogP contribution is -2.46. The normalized spacial score (nSPS) is 16.6. The van der Waals surface area contributed by atoms with Gasteiger partial charge in [-0.2, -0.15) is 0 Å². The topological polar surface area (TPSA) is 94.7 Å². The molecule has 4 heterocycles. The molecule has 1 fully saturated rings. The molecule has 2 aliphatic rings. The zero-order valence-corrected chi connectivity index (χ0v) is 19.7. The Labute approximate surface area is 200 Å². The van der Waals surface area contributed by atoms with Crippen LogP contribution in [0.5, 0.6) is 5.75 Å². The number of urea groups is 1. The molecule has 2 aliphatic heterocycles. The average Bonchev–Trinajstić information content (AvgIpc) is 3.58. The summed E-state index contributed by atoms with van der Waals surface area (Å²) in [6, 6.07) is 5.99. The second-order valence-corrected chi connectivity index (χ2v) is 7.90. The van der Waals surface area contributed by atoms with Gasteiger partial charge in [-0.05, 0) is 49.6 Å². The van der Waals surface area contributed by atoms with E-state index in [2.05, 4.69) is 21.4 Å². The van der Waals surface area contributed by atoms with E-state index >= 15 is 0 Å². The fraction of sp³-hybridized carbons (Fsp3) is 0.417. The summed E-state index contributed by atoms with van der Waals surface area (Å²) >= 11 is 0.